The molecule has 200 valence electrons. The van der Waals surface area contributed by atoms with Crippen LogP contribution in [0.4, 0.5) is 13.2 Å². The van der Waals surface area contributed by atoms with Crippen LogP contribution in [-0.4, -0.2) is 44.9 Å². The molecule has 0 radical (unpaired) electrons. The van der Waals surface area contributed by atoms with Crippen molar-refractivity contribution in [3.05, 3.63) is 59.6 Å². The molecule has 2 heterocycles. The van der Waals surface area contributed by atoms with Crippen LogP contribution in [0.25, 0.3) is 5.69 Å². The molecule has 0 unspecified atom stereocenters. The van der Waals surface area contributed by atoms with Crippen molar-refractivity contribution in [1.29, 1.82) is 0 Å². The summed E-state index contributed by atoms with van der Waals surface area (Å²) in [5.41, 5.74) is -1.49. The van der Waals surface area contributed by atoms with Gasteiger partial charge in [-0.25, -0.2) is 4.68 Å². The van der Waals surface area contributed by atoms with E-state index in [0.29, 0.717) is 30.3 Å². The van der Waals surface area contributed by atoms with E-state index in [9.17, 15) is 22.8 Å². The Labute approximate surface area is 216 Å². The highest BCUT2D eigenvalue weighted by Gasteiger charge is 2.39. The first-order chi connectivity index (χ1) is 17.7. The highest BCUT2D eigenvalue weighted by Crippen LogP contribution is 2.31. The lowest BCUT2D eigenvalue weighted by Gasteiger charge is -2.12. The molecule has 1 aromatic carbocycles. The zero-order chi connectivity index (χ0) is 26.8. The number of alkyl halides is 4. The molecule has 13 heteroatoms. The van der Waals surface area contributed by atoms with E-state index >= 15 is 0 Å². The lowest BCUT2D eigenvalue weighted by Crippen LogP contribution is -2.35. The molecule has 9 nitrogen and oxygen atoms in total. The largest absolute Gasteiger partial charge is 0.435 e. The smallest absolute Gasteiger partial charge is 0.424 e. The Kier molecular flexibility index (Phi) is 10.1. The van der Waals surface area contributed by atoms with E-state index in [-0.39, 0.29) is 37.2 Å². The maximum absolute atomic E-state index is 13.5. The molecule has 1 atom stereocenters. The van der Waals surface area contributed by atoms with Crippen LogP contribution < -0.4 is 10.6 Å². The Morgan fingerprint density at radius 1 is 1.11 bits per heavy atom. The maximum Gasteiger partial charge on any atom is 0.435 e. The van der Waals surface area contributed by atoms with Crippen molar-refractivity contribution < 1.29 is 27.2 Å². The topological polar surface area (TPSA) is 115 Å². The summed E-state index contributed by atoms with van der Waals surface area (Å²) in [7, 11) is 0. The van der Waals surface area contributed by atoms with Crippen LogP contribution in [0.1, 0.15) is 72.8 Å². The minimum atomic E-state index is -4.80. The van der Waals surface area contributed by atoms with Gasteiger partial charge in [0, 0.05) is 31.6 Å². The van der Waals surface area contributed by atoms with Gasteiger partial charge in [0.1, 0.15) is 5.88 Å². The number of rotatable bonds is 13. The normalized spacial score (nSPS) is 12.4. The third kappa shape index (κ3) is 8.04. The van der Waals surface area contributed by atoms with Crippen LogP contribution in [0, 0.1) is 0 Å². The Hall–Kier alpha value is -3.41. The first-order valence-electron chi connectivity index (χ1n) is 11.9. The van der Waals surface area contributed by atoms with Crippen molar-refractivity contribution in [1.82, 2.24) is 30.6 Å². The molecule has 3 aromatic rings. The third-order valence-electron chi connectivity index (χ3n) is 5.52. The molecule has 2 N–H and O–H groups in total. The second-order valence-corrected chi connectivity index (χ2v) is 8.59. The molecule has 2 amide bonds. The number of amides is 2. The molecule has 0 saturated heterocycles. The van der Waals surface area contributed by atoms with Gasteiger partial charge in [-0.2, -0.15) is 18.3 Å². The Morgan fingerprint density at radius 2 is 1.84 bits per heavy atom. The van der Waals surface area contributed by atoms with Crippen LogP contribution >= 0.6 is 11.6 Å². The fourth-order valence-corrected chi connectivity index (χ4v) is 3.87. The zero-order valence-electron chi connectivity index (χ0n) is 20.2. The number of hydrogen-bond acceptors (Lipinski definition) is 6. The summed E-state index contributed by atoms with van der Waals surface area (Å²) in [6, 6.07) is 8.18. The number of para-hydroxylation sites is 1. The first-order valence-corrected chi connectivity index (χ1v) is 12.4. The van der Waals surface area contributed by atoms with Gasteiger partial charge in [-0.3, -0.25) is 9.59 Å². The summed E-state index contributed by atoms with van der Waals surface area (Å²) >= 11 is 5.71. The van der Waals surface area contributed by atoms with Crippen LogP contribution in [-0.2, 0) is 16.9 Å². The molecule has 3 rings (SSSR count). The summed E-state index contributed by atoms with van der Waals surface area (Å²) in [4.78, 5) is 24.6. The highest BCUT2D eigenvalue weighted by atomic mass is 35.5. The van der Waals surface area contributed by atoms with E-state index in [1.165, 1.54) is 0 Å². The Bertz CT molecular complexity index is 1170. The summed E-state index contributed by atoms with van der Waals surface area (Å²) in [5.74, 6) is -0.133. The number of hydrogen-bond donors (Lipinski definition) is 2. The SMILES string of the molecule is CCC[C@H](CCCC(=O)NCCNC(=O)c1cn(-c2ccccc2)nc1C(F)(F)F)c1nnc(CCl)o1. The van der Waals surface area contributed by atoms with E-state index in [1.54, 1.807) is 30.3 Å². The van der Waals surface area contributed by atoms with Crippen molar-refractivity contribution in [2.24, 2.45) is 0 Å². The zero-order valence-corrected chi connectivity index (χ0v) is 21.0. The molecule has 0 saturated carbocycles. The van der Waals surface area contributed by atoms with Crippen LogP contribution in [0.5, 0.6) is 0 Å². The summed E-state index contributed by atoms with van der Waals surface area (Å²) in [5, 5.41) is 16.5. The summed E-state index contributed by atoms with van der Waals surface area (Å²) in [6.45, 7) is 2.07. The van der Waals surface area contributed by atoms with E-state index in [2.05, 4.69) is 25.9 Å². The average molecular weight is 541 g/mol. The number of carbonyl (C=O) groups is 2. The number of aromatic nitrogens is 4. The molecule has 0 spiro atoms. The number of carbonyl (C=O) groups excluding carboxylic acids is 2. The van der Waals surface area contributed by atoms with E-state index < -0.39 is 23.3 Å². The second kappa shape index (κ2) is 13.2. The Balaban J connectivity index is 1.46. The number of nitrogens with one attached hydrogen (secondary N) is 2. The fourth-order valence-electron chi connectivity index (χ4n) is 3.76. The van der Waals surface area contributed by atoms with Gasteiger partial charge in [-0.05, 0) is 31.4 Å². The predicted molar refractivity (Wildman–Crippen MR) is 129 cm³/mol. The van der Waals surface area contributed by atoms with Gasteiger partial charge in [0.2, 0.25) is 17.7 Å². The minimum absolute atomic E-state index is 0.0289. The molecule has 0 fully saturated rings. The van der Waals surface area contributed by atoms with Gasteiger partial charge in [0.15, 0.2) is 5.69 Å². The summed E-state index contributed by atoms with van der Waals surface area (Å²) in [6.07, 6.45) is -0.523. The van der Waals surface area contributed by atoms with Gasteiger partial charge >= 0.3 is 6.18 Å². The molecule has 0 aliphatic rings. The van der Waals surface area contributed by atoms with Gasteiger partial charge in [0.25, 0.3) is 5.91 Å². The van der Waals surface area contributed by atoms with Crippen LogP contribution in [0.15, 0.2) is 40.9 Å². The molecule has 0 bridgehead atoms. The van der Waals surface area contributed by atoms with Crippen molar-refractivity contribution >= 4 is 23.4 Å². The van der Waals surface area contributed by atoms with E-state index in [0.717, 1.165) is 23.7 Å². The standard InChI is InChI=1S/C24H28ClF3N6O3/c1-2-7-16(23-32-31-20(14-25)37-23)8-6-11-19(35)29-12-13-30-22(36)18-15-34(17-9-4-3-5-10-17)33-21(18)24(26,27)28/h3-5,9-10,15-16H,2,6-8,11-14H2,1H3,(H,29,35)(H,30,36)/t16-/m1/s1. The second-order valence-electron chi connectivity index (χ2n) is 8.32. The van der Waals surface area contributed by atoms with Gasteiger partial charge < -0.3 is 15.1 Å². The maximum atomic E-state index is 13.5. The molecule has 0 aliphatic heterocycles. The van der Waals surface area contributed by atoms with Crippen molar-refractivity contribution in [3.63, 3.8) is 0 Å². The predicted octanol–water partition coefficient (Wildman–Crippen LogP) is 4.61. The quantitative estimate of drug-likeness (QED) is 0.242. The minimum Gasteiger partial charge on any atom is -0.424 e. The van der Waals surface area contributed by atoms with Crippen molar-refractivity contribution in [2.45, 2.75) is 57.0 Å². The molecule has 37 heavy (non-hydrogen) atoms. The van der Waals surface area contributed by atoms with Gasteiger partial charge in [-0.1, -0.05) is 31.5 Å². The van der Waals surface area contributed by atoms with Crippen molar-refractivity contribution in [3.8, 4) is 5.69 Å². The van der Waals surface area contributed by atoms with Crippen LogP contribution in [0.3, 0.4) is 0 Å². The number of nitrogens with zero attached hydrogens (tertiary/aromatic N) is 4. The molecular weight excluding hydrogens is 513 g/mol. The van der Waals surface area contributed by atoms with Gasteiger partial charge in [0.05, 0.1) is 11.3 Å². The van der Waals surface area contributed by atoms with E-state index in [4.69, 9.17) is 16.0 Å². The molecule has 2 aromatic heterocycles. The number of benzene rings is 1. The lowest BCUT2D eigenvalue weighted by atomic mass is 9.97. The van der Waals surface area contributed by atoms with E-state index in [1.807, 2.05) is 6.92 Å². The summed E-state index contributed by atoms with van der Waals surface area (Å²) < 4.78 is 46.9. The fraction of sp³-hybridized carbons (Fsp3) is 0.458. The van der Waals surface area contributed by atoms with Crippen LogP contribution in [0.2, 0.25) is 0 Å². The van der Waals surface area contributed by atoms with Crippen molar-refractivity contribution in [2.75, 3.05) is 13.1 Å². The highest BCUT2D eigenvalue weighted by molar-refractivity contribution is 6.16. The van der Waals surface area contributed by atoms with Gasteiger partial charge in [-0.15, -0.1) is 21.8 Å². The average Bonchev–Trinajstić information content (AvgIpc) is 3.54. The number of halogens is 4. The monoisotopic (exact) mass is 540 g/mol. The molecular formula is C24H28ClF3N6O3. The Morgan fingerprint density at radius 3 is 2.49 bits per heavy atom. The first kappa shape index (κ1) is 28.2. The lowest BCUT2D eigenvalue weighted by molar-refractivity contribution is -0.141. The third-order valence-corrected chi connectivity index (χ3v) is 5.75. The molecule has 0 aliphatic carbocycles.